The Bertz CT molecular complexity index is 2310. The van der Waals surface area contributed by atoms with Gasteiger partial charge < -0.3 is 9.80 Å². The van der Waals surface area contributed by atoms with Crippen molar-refractivity contribution in [3.63, 3.8) is 0 Å². The Morgan fingerprint density at radius 3 is 2.41 bits per heavy atom. The SMILES string of the molecule is CN(C)CCCN(CSc1ccccc1)c1ccc(S(=O)(=O)NC2=C3C=CC=C[C@H]3N(N3CCN(Cc4ccccc4-c4ccc(Cl)cc4)CC3)C=N2)cc1[N+](=O)[O-]. The van der Waals surface area contributed by atoms with Crippen LogP contribution in [0.15, 0.2) is 148 Å². The number of piperazine rings is 1. The summed E-state index contributed by atoms with van der Waals surface area (Å²) in [6.07, 6.45) is 10.1. The predicted octanol–water partition coefficient (Wildman–Crippen LogP) is 7.48. The number of anilines is 1. The van der Waals surface area contributed by atoms with E-state index in [1.165, 1.54) is 17.2 Å². The molecule has 0 spiro atoms. The van der Waals surface area contributed by atoms with Gasteiger partial charge in [0.05, 0.1) is 21.7 Å². The van der Waals surface area contributed by atoms with Crippen LogP contribution in [0.5, 0.6) is 0 Å². The van der Waals surface area contributed by atoms with Gasteiger partial charge in [-0.15, -0.1) is 11.8 Å². The van der Waals surface area contributed by atoms with Gasteiger partial charge in [-0.2, -0.15) is 0 Å². The monoisotopic (exact) mass is 838 g/mol. The lowest BCUT2D eigenvalue weighted by atomic mass is 9.99. The number of nitrogens with zero attached hydrogens (tertiary/aromatic N) is 7. The number of thioether (sulfide) groups is 1. The van der Waals surface area contributed by atoms with Gasteiger partial charge in [0.15, 0.2) is 0 Å². The number of allylic oxidation sites excluding steroid dienone is 2. The van der Waals surface area contributed by atoms with Crippen molar-refractivity contribution in [2.45, 2.75) is 28.8 Å². The van der Waals surface area contributed by atoms with E-state index >= 15 is 0 Å². The number of rotatable bonds is 16. The zero-order chi connectivity index (χ0) is 40.6. The van der Waals surface area contributed by atoms with Crippen molar-refractivity contribution in [2.24, 2.45) is 4.99 Å². The number of hydrogen-bond acceptors (Lipinski definition) is 11. The number of sulfonamides is 1. The Kier molecular flexibility index (Phi) is 13.3. The van der Waals surface area contributed by atoms with Crippen LogP contribution in [0.2, 0.25) is 5.02 Å². The fraction of sp³-hybridized carbons (Fsp3) is 0.279. The minimum absolute atomic E-state index is 0.176. The fourth-order valence-electron chi connectivity index (χ4n) is 7.29. The molecular formula is C43H47ClN8O4S2. The second-order valence-corrected chi connectivity index (χ2v) is 17.7. The lowest BCUT2D eigenvalue weighted by molar-refractivity contribution is -0.384. The second kappa shape index (κ2) is 18.7. The molecule has 1 N–H and O–H groups in total. The number of hydrogen-bond donors (Lipinski definition) is 1. The summed E-state index contributed by atoms with van der Waals surface area (Å²) in [7, 11) is -0.291. The normalized spacial score (nSPS) is 17.2. The first kappa shape index (κ1) is 41.2. The largest absolute Gasteiger partial charge is 0.356 e. The Hall–Kier alpha value is -4.96. The van der Waals surface area contributed by atoms with Gasteiger partial charge >= 0.3 is 0 Å². The van der Waals surface area contributed by atoms with Gasteiger partial charge in [0.25, 0.3) is 15.7 Å². The first-order chi connectivity index (χ1) is 28.1. The number of benzene rings is 4. The summed E-state index contributed by atoms with van der Waals surface area (Å²) < 4.78 is 30.6. The molecule has 2 heterocycles. The molecule has 0 bridgehead atoms. The Balaban J connectivity index is 1.04. The van der Waals surface area contributed by atoms with Crippen LogP contribution in [-0.2, 0) is 16.6 Å². The Morgan fingerprint density at radius 2 is 1.67 bits per heavy atom. The van der Waals surface area contributed by atoms with E-state index in [1.807, 2.05) is 85.8 Å². The summed E-state index contributed by atoms with van der Waals surface area (Å²) in [5, 5.41) is 17.5. The molecule has 1 atom stereocenters. The second-order valence-electron chi connectivity index (χ2n) is 14.5. The summed E-state index contributed by atoms with van der Waals surface area (Å²) in [5.41, 5.74) is 4.35. The van der Waals surface area contributed by atoms with E-state index in [1.54, 1.807) is 24.2 Å². The molecule has 0 radical (unpaired) electrons. The zero-order valence-electron chi connectivity index (χ0n) is 32.5. The van der Waals surface area contributed by atoms with E-state index in [0.717, 1.165) is 62.2 Å². The summed E-state index contributed by atoms with van der Waals surface area (Å²) >= 11 is 7.72. The van der Waals surface area contributed by atoms with Crippen LogP contribution in [0.4, 0.5) is 11.4 Å². The highest BCUT2D eigenvalue weighted by Gasteiger charge is 2.33. The number of nitro benzene ring substituents is 1. The van der Waals surface area contributed by atoms with Gasteiger partial charge in [-0.05, 0) is 80.1 Å². The van der Waals surface area contributed by atoms with Gasteiger partial charge in [0, 0.05) is 60.8 Å². The van der Waals surface area contributed by atoms with Gasteiger partial charge in [-0.25, -0.2) is 18.4 Å². The molecule has 4 aromatic carbocycles. The predicted molar refractivity (Wildman–Crippen MR) is 234 cm³/mol. The molecule has 3 aliphatic rings. The summed E-state index contributed by atoms with van der Waals surface area (Å²) in [6, 6.07) is 30.1. The average Bonchev–Trinajstić information content (AvgIpc) is 3.23. The molecule has 2 aliphatic heterocycles. The van der Waals surface area contributed by atoms with Crippen molar-refractivity contribution in [1.82, 2.24) is 24.5 Å². The van der Waals surface area contributed by atoms with Crippen molar-refractivity contribution in [2.75, 3.05) is 64.1 Å². The highest BCUT2D eigenvalue weighted by molar-refractivity contribution is 7.99. The maximum atomic E-state index is 13.9. The molecule has 7 rings (SSSR count). The number of fused-ring (bicyclic) bond motifs is 1. The molecule has 15 heteroatoms. The van der Waals surface area contributed by atoms with E-state index in [2.05, 4.69) is 65.9 Å². The average molecular weight is 839 g/mol. The minimum atomic E-state index is -4.26. The highest BCUT2D eigenvalue weighted by Crippen LogP contribution is 2.34. The van der Waals surface area contributed by atoms with Crippen molar-refractivity contribution in [3.8, 4) is 11.1 Å². The quantitative estimate of drug-likeness (QED) is 0.0527. The third kappa shape index (κ3) is 10.0. The third-order valence-corrected chi connectivity index (χ3v) is 12.9. The maximum Gasteiger partial charge on any atom is 0.293 e. The topological polar surface area (TPSA) is 118 Å². The maximum absolute atomic E-state index is 13.9. The molecule has 4 aromatic rings. The van der Waals surface area contributed by atoms with Gasteiger partial charge in [0.1, 0.15) is 17.8 Å². The van der Waals surface area contributed by atoms with E-state index in [-0.39, 0.29) is 22.4 Å². The van der Waals surface area contributed by atoms with Crippen LogP contribution >= 0.6 is 23.4 Å². The third-order valence-electron chi connectivity index (χ3n) is 10.3. The first-order valence-corrected chi connectivity index (χ1v) is 22.0. The van der Waals surface area contributed by atoms with E-state index in [9.17, 15) is 18.5 Å². The number of halogens is 1. The molecule has 302 valence electrons. The number of nitro groups is 1. The highest BCUT2D eigenvalue weighted by atomic mass is 35.5. The zero-order valence-corrected chi connectivity index (χ0v) is 34.9. The number of aliphatic imine (C=N–C) groups is 1. The van der Waals surface area contributed by atoms with Crippen LogP contribution in [0, 0.1) is 10.1 Å². The van der Waals surface area contributed by atoms with Crippen LogP contribution < -0.4 is 9.62 Å². The number of nitrogens with one attached hydrogen (secondary N) is 1. The minimum Gasteiger partial charge on any atom is -0.356 e. The molecule has 12 nitrogen and oxygen atoms in total. The van der Waals surface area contributed by atoms with Crippen LogP contribution in [0.3, 0.4) is 0 Å². The van der Waals surface area contributed by atoms with Crippen LogP contribution in [0.25, 0.3) is 11.1 Å². The molecule has 1 fully saturated rings. The number of hydrazine groups is 1. The molecule has 0 amide bonds. The lowest BCUT2D eigenvalue weighted by Gasteiger charge is -2.45. The van der Waals surface area contributed by atoms with E-state index < -0.39 is 14.9 Å². The molecule has 0 saturated carbocycles. The first-order valence-electron chi connectivity index (χ1n) is 19.2. The Morgan fingerprint density at radius 1 is 0.931 bits per heavy atom. The molecular weight excluding hydrogens is 792 g/mol. The summed E-state index contributed by atoms with van der Waals surface area (Å²) in [6.45, 7) is 5.33. The van der Waals surface area contributed by atoms with Crippen LogP contribution in [-0.4, -0.2) is 105 Å². The van der Waals surface area contributed by atoms with Crippen molar-refractivity contribution < 1.29 is 13.3 Å². The van der Waals surface area contributed by atoms with Gasteiger partial charge in [0.2, 0.25) is 0 Å². The van der Waals surface area contributed by atoms with Crippen molar-refractivity contribution >= 4 is 51.1 Å². The van der Waals surface area contributed by atoms with E-state index in [0.29, 0.717) is 28.7 Å². The smallest absolute Gasteiger partial charge is 0.293 e. The fourth-order valence-corrected chi connectivity index (χ4v) is 9.39. The molecule has 58 heavy (non-hydrogen) atoms. The van der Waals surface area contributed by atoms with Gasteiger partial charge in [-0.3, -0.25) is 24.7 Å². The van der Waals surface area contributed by atoms with Gasteiger partial charge in [-0.1, -0.05) is 90.5 Å². The molecule has 1 saturated heterocycles. The molecule has 0 aromatic heterocycles. The van der Waals surface area contributed by atoms with Crippen molar-refractivity contribution in [3.05, 3.63) is 153 Å². The van der Waals surface area contributed by atoms with Crippen molar-refractivity contribution in [1.29, 1.82) is 0 Å². The summed E-state index contributed by atoms with van der Waals surface area (Å²) in [4.78, 5) is 23.9. The lowest BCUT2D eigenvalue weighted by Crippen LogP contribution is -2.57. The summed E-state index contributed by atoms with van der Waals surface area (Å²) in [5.74, 6) is 0.633. The molecule has 0 unspecified atom stereocenters. The standard InChI is InChI=1S/C43H47ClN8O4S2/c1-47(2)23-10-24-49(32-57-36-12-4-3-5-13-36)41-22-21-37(29-42(41)52(53)54)58(55,56)46-43-39-15-8-9-16-40(39)51(31-45-43)50-27-25-48(26-28-50)30-34-11-6-7-14-38(34)33-17-19-35(44)20-18-33/h3-9,11-22,29,31,40,46H,10,23-28,30,32H2,1-2H3/t40-/m1/s1. The Labute approximate surface area is 350 Å². The van der Waals surface area contributed by atoms with Crippen LogP contribution in [0.1, 0.15) is 12.0 Å². The van der Waals surface area contributed by atoms with E-state index in [4.69, 9.17) is 11.6 Å². The molecule has 1 aliphatic carbocycles.